The van der Waals surface area contributed by atoms with E-state index in [0.717, 1.165) is 6.92 Å². The zero-order valence-electron chi connectivity index (χ0n) is 12.3. The molecule has 1 N–H and O–H groups in total. The zero-order chi connectivity index (χ0) is 16.8. The van der Waals surface area contributed by atoms with Crippen LogP contribution in [0.2, 0.25) is 0 Å². The topological polar surface area (TPSA) is 55.4 Å². The molecule has 7 heteroatoms. The van der Waals surface area contributed by atoms with Crippen LogP contribution < -0.4 is 5.32 Å². The van der Waals surface area contributed by atoms with Crippen LogP contribution in [0.1, 0.15) is 30.6 Å². The van der Waals surface area contributed by atoms with Crippen LogP contribution in [0.4, 0.5) is 13.2 Å². The van der Waals surface area contributed by atoms with E-state index >= 15 is 0 Å². The van der Waals surface area contributed by atoms with Crippen molar-refractivity contribution in [3.05, 3.63) is 35.9 Å². The number of alkyl halides is 3. The van der Waals surface area contributed by atoms with Crippen molar-refractivity contribution in [2.24, 2.45) is 5.92 Å². The van der Waals surface area contributed by atoms with E-state index in [2.05, 4.69) is 5.32 Å². The molecule has 0 radical (unpaired) electrons. The number of amides is 1. The Balaban J connectivity index is 2.82. The van der Waals surface area contributed by atoms with Gasteiger partial charge in [0.1, 0.15) is 6.04 Å². The molecule has 0 saturated heterocycles. The van der Waals surface area contributed by atoms with Crippen LogP contribution in [0.25, 0.3) is 0 Å². The first-order valence-electron chi connectivity index (χ1n) is 6.85. The number of ether oxygens (including phenoxy) is 1. The summed E-state index contributed by atoms with van der Waals surface area (Å²) in [4.78, 5) is 23.8. The molecule has 1 amide bonds. The maximum Gasteiger partial charge on any atom is 0.391 e. The largest absolute Gasteiger partial charge is 0.464 e. The number of hydrogen-bond acceptors (Lipinski definition) is 3. The molecule has 0 aliphatic rings. The second-order valence-electron chi connectivity index (χ2n) is 4.82. The Bertz CT molecular complexity index is 503. The third-order valence-electron chi connectivity index (χ3n) is 3.06. The van der Waals surface area contributed by atoms with Crippen molar-refractivity contribution in [1.29, 1.82) is 0 Å². The molecule has 1 aromatic carbocycles. The number of carbonyl (C=O) groups excluding carboxylic acids is 2. The minimum absolute atomic E-state index is 0.0247. The highest BCUT2D eigenvalue weighted by atomic mass is 19.4. The average molecular weight is 317 g/mol. The Labute approximate surface area is 126 Å². The molecule has 4 nitrogen and oxygen atoms in total. The number of hydrogen-bond donors (Lipinski definition) is 1. The van der Waals surface area contributed by atoms with Crippen molar-refractivity contribution >= 4 is 11.9 Å². The Morgan fingerprint density at radius 2 is 1.82 bits per heavy atom. The second kappa shape index (κ2) is 7.82. The number of benzene rings is 1. The van der Waals surface area contributed by atoms with Crippen LogP contribution in [-0.4, -0.2) is 30.7 Å². The van der Waals surface area contributed by atoms with Gasteiger partial charge in [-0.2, -0.15) is 13.2 Å². The molecular weight excluding hydrogens is 299 g/mol. The monoisotopic (exact) mass is 317 g/mol. The molecule has 2 atom stereocenters. The molecule has 0 bridgehead atoms. The van der Waals surface area contributed by atoms with Crippen LogP contribution in [0, 0.1) is 5.92 Å². The molecule has 0 fully saturated rings. The predicted octanol–water partition coefficient (Wildman–Crippen LogP) is 2.94. The maximum absolute atomic E-state index is 12.7. The molecular formula is C15H18F3NO3. The Morgan fingerprint density at radius 3 is 2.32 bits per heavy atom. The Hall–Kier alpha value is -2.05. The van der Waals surface area contributed by atoms with E-state index in [1.807, 2.05) is 0 Å². The quantitative estimate of drug-likeness (QED) is 0.821. The van der Waals surface area contributed by atoms with E-state index < -0.39 is 36.4 Å². The van der Waals surface area contributed by atoms with E-state index in [-0.39, 0.29) is 12.2 Å². The molecule has 0 aliphatic carbocycles. The molecule has 0 aromatic heterocycles. The van der Waals surface area contributed by atoms with Gasteiger partial charge in [0.15, 0.2) is 0 Å². The summed E-state index contributed by atoms with van der Waals surface area (Å²) >= 11 is 0. The van der Waals surface area contributed by atoms with Crippen LogP contribution in [0.3, 0.4) is 0 Å². The number of rotatable bonds is 6. The van der Waals surface area contributed by atoms with Gasteiger partial charge in [0, 0.05) is 5.56 Å². The summed E-state index contributed by atoms with van der Waals surface area (Å²) in [7, 11) is 0. The third-order valence-corrected chi connectivity index (χ3v) is 3.06. The van der Waals surface area contributed by atoms with Gasteiger partial charge in [-0.15, -0.1) is 0 Å². The smallest absolute Gasteiger partial charge is 0.391 e. The molecule has 22 heavy (non-hydrogen) atoms. The van der Waals surface area contributed by atoms with Crippen LogP contribution in [0.5, 0.6) is 0 Å². The minimum Gasteiger partial charge on any atom is -0.464 e. The van der Waals surface area contributed by atoms with Crippen molar-refractivity contribution in [2.75, 3.05) is 6.61 Å². The minimum atomic E-state index is -4.44. The van der Waals surface area contributed by atoms with E-state index in [9.17, 15) is 22.8 Å². The van der Waals surface area contributed by atoms with Crippen LogP contribution in [-0.2, 0) is 9.53 Å². The molecule has 1 unspecified atom stereocenters. The summed E-state index contributed by atoms with van der Waals surface area (Å²) in [6.07, 6.45) is -5.01. The van der Waals surface area contributed by atoms with Crippen LogP contribution in [0.15, 0.2) is 30.3 Å². The fourth-order valence-electron chi connectivity index (χ4n) is 1.78. The SMILES string of the molecule is CCOC(=O)[C@H](CC(C)C(F)(F)F)NC(=O)c1ccccc1. The van der Waals surface area contributed by atoms with E-state index in [1.165, 1.54) is 12.1 Å². The van der Waals surface area contributed by atoms with Gasteiger partial charge in [0.2, 0.25) is 0 Å². The first-order valence-corrected chi connectivity index (χ1v) is 6.85. The average Bonchev–Trinajstić information content (AvgIpc) is 2.46. The van der Waals surface area contributed by atoms with Gasteiger partial charge in [-0.25, -0.2) is 4.79 Å². The lowest BCUT2D eigenvalue weighted by molar-refractivity contribution is -0.174. The van der Waals surface area contributed by atoms with Crippen molar-refractivity contribution in [2.45, 2.75) is 32.5 Å². The van der Waals surface area contributed by atoms with Gasteiger partial charge in [0.25, 0.3) is 5.91 Å². The lowest BCUT2D eigenvalue weighted by Crippen LogP contribution is -2.44. The highest BCUT2D eigenvalue weighted by molar-refractivity contribution is 5.96. The Kier molecular flexibility index (Phi) is 6.39. The maximum atomic E-state index is 12.7. The first kappa shape index (κ1) is 18.0. The number of halogens is 3. The fraction of sp³-hybridized carbons (Fsp3) is 0.467. The molecule has 1 aromatic rings. The van der Waals surface area contributed by atoms with Gasteiger partial charge in [-0.3, -0.25) is 4.79 Å². The number of carbonyl (C=O) groups is 2. The summed E-state index contributed by atoms with van der Waals surface area (Å²) in [5.41, 5.74) is 0.261. The molecule has 1 rings (SSSR count). The third kappa shape index (κ3) is 5.38. The van der Waals surface area contributed by atoms with Gasteiger partial charge in [-0.05, 0) is 25.5 Å². The molecule has 0 aliphatic heterocycles. The second-order valence-corrected chi connectivity index (χ2v) is 4.82. The van der Waals surface area contributed by atoms with Gasteiger partial charge in [0.05, 0.1) is 12.5 Å². The van der Waals surface area contributed by atoms with Gasteiger partial charge < -0.3 is 10.1 Å². The summed E-state index contributed by atoms with van der Waals surface area (Å²) in [5, 5.41) is 2.31. The number of esters is 1. The summed E-state index contributed by atoms with van der Waals surface area (Å²) in [5.74, 6) is -3.23. The molecule has 122 valence electrons. The molecule has 0 saturated carbocycles. The van der Waals surface area contributed by atoms with Crippen molar-refractivity contribution in [3.8, 4) is 0 Å². The number of nitrogens with one attached hydrogen (secondary N) is 1. The van der Waals surface area contributed by atoms with E-state index in [4.69, 9.17) is 4.74 Å². The highest BCUT2D eigenvalue weighted by Crippen LogP contribution is 2.29. The van der Waals surface area contributed by atoms with Crippen LogP contribution >= 0.6 is 0 Å². The lowest BCUT2D eigenvalue weighted by Gasteiger charge is -2.22. The van der Waals surface area contributed by atoms with Crippen molar-refractivity contribution < 1.29 is 27.5 Å². The summed E-state index contributed by atoms with van der Waals surface area (Å²) < 4.78 is 42.7. The highest BCUT2D eigenvalue weighted by Gasteiger charge is 2.39. The summed E-state index contributed by atoms with van der Waals surface area (Å²) in [6, 6.07) is 6.60. The molecule has 0 heterocycles. The Morgan fingerprint density at radius 1 is 1.23 bits per heavy atom. The van der Waals surface area contributed by atoms with Crippen molar-refractivity contribution in [3.63, 3.8) is 0 Å². The summed E-state index contributed by atoms with van der Waals surface area (Å²) in [6.45, 7) is 2.53. The fourth-order valence-corrected chi connectivity index (χ4v) is 1.78. The lowest BCUT2D eigenvalue weighted by atomic mass is 10.0. The van der Waals surface area contributed by atoms with Crippen molar-refractivity contribution in [1.82, 2.24) is 5.32 Å². The first-order chi connectivity index (χ1) is 10.3. The normalized spacial score (nSPS) is 14.0. The molecule has 0 spiro atoms. The predicted molar refractivity (Wildman–Crippen MR) is 74.2 cm³/mol. The van der Waals surface area contributed by atoms with E-state index in [0.29, 0.717) is 0 Å². The zero-order valence-corrected chi connectivity index (χ0v) is 12.3. The van der Waals surface area contributed by atoms with Gasteiger partial charge >= 0.3 is 12.1 Å². The standard InChI is InChI=1S/C15H18F3NO3/c1-3-22-14(21)12(9-10(2)15(16,17)18)19-13(20)11-7-5-4-6-8-11/h4-8,10,12H,3,9H2,1-2H3,(H,19,20)/t10?,12-/m0/s1. The van der Waals surface area contributed by atoms with E-state index in [1.54, 1.807) is 25.1 Å². The van der Waals surface area contributed by atoms with Gasteiger partial charge in [-0.1, -0.05) is 25.1 Å².